The molecule has 33 heavy (non-hydrogen) atoms. The number of anilines is 1. The number of hydrogen-bond acceptors (Lipinski definition) is 6. The number of rotatable bonds is 10. The average Bonchev–Trinajstić information content (AvgIpc) is 3.27. The second kappa shape index (κ2) is 11.1. The van der Waals surface area contributed by atoms with Crippen molar-refractivity contribution in [1.29, 1.82) is 0 Å². The number of thioether (sulfide) groups is 1. The van der Waals surface area contributed by atoms with Gasteiger partial charge in [-0.25, -0.2) is 4.98 Å². The second-order valence-corrected chi connectivity index (χ2v) is 7.61. The van der Waals surface area contributed by atoms with Gasteiger partial charge in [-0.1, -0.05) is 17.8 Å². The van der Waals surface area contributed by atoms with Crippen LogP contribution < -0.4 is 14.8 Å². The molecule has 0 bridgehead atoms. The molecule has 0 aliphatic carbocycles. The Hall–Kier alpha value is -3.18. The number of imidazole rings is 1. The number of ether oxygens (including phenoxy) is 3. The fourth-order valence-electron chi connectivity index (χ4n) is 2.83. The van der Waals surface area contributed by atoms with Crippen molar-refractivity contribution < 1.29 is 32.2 Å². The molecule has 0 spiro atoms. The Morgan fingerprint density at radius 2 is 1.97 bits per heavy atom. The quantitative estimate of drug-likeness (QED) is 0.336. The van der Waals surface area contributed by atoms with Crippen molar-refractivity contribution in [2.75, 3.05) is 38.5 Å². The van der Waals surface area contributed by atoms with Crippen molar-refractivity contribution in [2.24, 2.45) is 0 Å². The summed E-state index contributed by atoms with van der Waals surface area (Å²) in [7, 11) is 3.04. The van der Waals surface area contributed by atoms with Gasteiger partial charge in [0.1, 0.15) is 18.1 Å². The van der Waals surface area contributed by atoms with Crippen LogP contribution in [0.15, 0.2) is 60.0 Å². The lowest BCUT2D eigenvalue weighted by Crippen LogP contribution is -2.17. The molecule has 0 aliphatic heterocycles. The molecule has 0 unspecified atom stereocenters. The van der Waals surface area contributed by atoms with Gasteiger partial charge in [-0.15, -0.1) is 0 Å². The number of carbonyl (C=O) groups is 1. The highest BCUT2D eigenvalue weighted by molar-refractivity contribution is 7.99. The van der Waals surface area contributed by atoms with Crippen molar-refractivity contribution in [2.45, 2.75) is 11.3 Å². The molecule has 2 aromatic carbocycles. The third-order valence-corrected chi connectivity index (χ3v) is 5.36. The predicted molar refractivity (Wildman–Crippen MR) is 118 cm³/mol. The summed E-state index contributed by atoms with van der Waals surface area (Å²) in [6.07, 6.45) is -1.22. The van der Waals surface area contributed by atoms with Crippen LogP contribution in [0.1, 0.15) is 5.56 Å². The number of benzene rings is 2. The molecule has 0 radical (unpaired) electrons. The Morgan fingerprint density at radius 1 is 1.15 bits per heavy atom. The van der Waals surface area contributed by atoms with Gasteiger partial charge in [-0.2, -0.15) is 13.2 Å². The molecule has 1 heterocycles. The lowest BCUT2D eigenvalue weighted by molar-refractivity contribution is -0.137. The fraction of sp³-hybridized carbons (Fsp3) is 0.273. The number of nitrogens with zero attached hydrogens (tertiary/aromatic N) is 2. The number of halogens is 3. The minimum absolute atomic E-state index is 0.0670. The molecular weight excluding hydrogens is 459 g/mol. The molecule has 0 saturated carbocycles. The average molecular weight is 481 g/mol. The molecule has 3 aromatic rings. The molecule has 3 rings (SSSR count). The highest BCUT2D eigenvalue weighted by atomic mass is 32.2. The van der Waals surface area contributed by atoms with Crippen LogP contribution in [-0.2, 0) is 15.7 Å². The van der Waals surface area contributed by atoms with Crippen LogP contribution in [0.25, 0.3) is 5.69 Å². The molecule has 1 N–H and O–H groups in total. The van der Waals surface area contributed by atoms with E-state index in [1.165, 1.54) is 13.2 Å². The van der Waals surface area contributed by atoms with Crippen molar-refractivity contribution in [1.82, 2.24) is 9.55 Å². The highest BCUT2D eigenvalue weighted by Gasteiger charge is 2.31. The summed E-state index contributed by atoms with van der Waals surface area (Å²) in [5.41, 5.74) is -0.165. The first-order valence-electron chi connectivity index (χ1n) is 9.75. The maximum atomic E-state index is 13.1. The normalized spacial score (nSPS) is 11.3. The molecule has 0 fully saturated rings. The number of nitrogens with one attached hydrogen (secondary N) is 1. The van der Waals surface area contributed by atoms with Gasteiger partial charge in [0.05, 0.1) is 36.4 Å². The van der Waals surface area contributed by atoms with Crippen LogP contribution in [0.5, 0.6) is 11.5 Å². The van der Waals surface area contributed by atoms with Gasteiger partial charge in [-0.05, 0) is 30.3 Å². The van der Waals surface area contributed by atoms with Crippen LogP contribution in [0, 0.1) is 0 Å². The monoisotopic (exact) mass is 481 g/mol. The number of alkyl halides is 3. The van der Waals surface area contributed by atoms with Crippen LogP contribution >= 0.6 is 11.8 Å². The van der Waals surface area contributed by atoms with Gasteiger partial charge in [0.25, 0.3) is 0 Å². The van der Waals surface area contributed by atoms with E-state index >= 15 is 0 Å². The molecule has 1 amide bonds. The van der Waals surface area contributed by atoms with Gasteiger partial charge >= 0.3 is 6.18 Å². The first kappa shape index (κ1) is 24.5. The summed E-state index contributed by atoms with van der Waals surface area (Å²) in [6, 6.07) is 10.2. The van der Waals surface area contributed by atoms with E-state index in [1.54, 1.807) is 24.1 Å². The molecule has 7 nitrogen and oxygen atoms in total. The Labute approximate surface area is 192 Å². The molecule has 176 valence electrons. The summed E-state index contributed by atoms with van der Waals surface area (Å²) >= 11 is 1.14. The minimum Gasteiger partial charge on any atom is -0.497 e. The maximum absolute atomic E-state index is 13.1. The van der Waals surface area contributed by atoms with Crippen molar-refractivity contribution in [3.05, 3.63) is 60.4 Å². The van der Waals surface area contributed by atoms with E-state index in [0.29, 0.717) is 10.9 Å². The Morgan fingerprint density at radius 3 is 2.70 bits per heavy atom. The summed E-state index contributed by atoms with van der Waals surface area (Å²) in [6.45, 7) is 0.370. The van der Waals surface area contributed by atoms with Crippen molar-refractivity contribution >= 4 is 23.4 Å². The van der Waals surface area contributed by atoms with Crippen molar-refractivity contribution in [3.8, 4) is 17.2 Å². The lowest BCUT2D eigenvalue weighted by atomic mass is 10.1. The SMILES string of the molecule is COCCOc1ccc(C(F)(F)F)cc1NC(=O)CSc1nccn1-c1cccc(OC)c1. The van der Waals surface area contributed by atoms with Crippen LogP contribution in [0.3, 0.4) is 0 Å². The van der Waals surface area contributed by atoms with Crippen LogP contribution in [0.4, 0.5) is 18.9 Å². The maximum Gasteiger partial charge on any atom is 0.416 e. The molecule has 1 aromatic heterocycles. The van der Waals surface area contributed by atoms with E-state index in [-0.39, 0.29) is 30.4 Å². The molecule has 11 heteroatoms. The Bertz CT molecular complexity index is 1090. The fourth-order valence-corrected chi connectivity index (χ4v) is 3.61. The Balaban J connectivity index is 1.71. The number of hydrogen-bond donors (Lipinski definition) is 1. The summed E-state index contributed by atoms with van der Waals surface area (Å²) in [5.74, 6) is 0.210. The van der Waals surface area contributed by atoms with E-state index < -0.39 is 17.6 Å². The molecular formula is C22H22F3N3O4S. The predicted octanol–water partition coefficient (Wildman–Crippen LogP) is 4.66. The largest absolute Gasteiger partial charge is 0.497 e. The molecule has 0 atom stereocenters. The van der Waals surface area contributed by atoms with Gasteiger partial charge in [0.2, 0.25) is 5.91 Å². The number of carbonyl (C=O) groups excluding carboxylic acids is 1. The zero-order valence-electron chi connectivity index (χ0n) is 17.9. The summed E-state index contributed by atoms with van der Waals surface area (Å²) < 4.78 is 56.8. The second-order valence-electron chi connectivity index (χ2n) is 6.67. The highest BCUT2D eigenvalue weighted by Crippen LogP contribution is 2.35. The zero-order chi connectivity index (χ0) is 23.8. The van der Waals surface area contributed by atoms with Crippen LogP contribution in [0.2, 0.25) is 0 Å². The van der Waals surface area contributed by atoms with E-state index in [0.717, 1.165) is 29.6 Å². The topological polar surface area (TPSA) is 74.6 Å². The summed E-state index contributed by atoms with van der Waals surface area (Å²) in [4.78, 5) is 16.8. The Kier molecular flexibility index (Phi) is 8.23. The third kappa shape index (κ3) is 6.65. The zero-order valence-corrected chi connectivity index (χ0v) is 18.7. The third-order valence-electron chi connectivity index (χ3n) is 4.40. The summed E-state index contributed by atoms with van der Waals surface area (Å²) in [5, 5.41) is 3.05. The smallest absolute Gasteiger partial charge is 0.416 e. The number of methoxy groups -OCH3 is 2. The number of amides is 1. The van der Waals surface area contributed by atoms with Gasteiger partial charge < -0.3 is 19.5 Å². The van der Waals surface area contributed by atoms with Gasteiger partial charge in [0, 0.05) is 25.6 Å². The van der Waals surface area contributed by atoms with Crippen molar-refractivity contribution in [3.63, 3.8) is 0 Å². The molecule has 0 aliphatic rings. The first-order valence-corrected chi connectivity index (χ1v) is 10.7. The molecule has 0 saturated heterocycles. The minimum atomic E-state index is -4.55. The van der Waals surface area contributed by atoms with Gasteiger partial charge in [0.15, 0.2) is 5.16 Å². The van der Waals surface area contributed by atoms with Crippen LogP contribution in [-0.4, -0.2) is 48.6 Å². The standard InChI is InChI=1S/C22H22F3N3O4S/c1-30-10-11-32-19-7-6-15(22(23,24)25)12-18(19)27-20(29)14-33-21-26-8-9-28(21)16-4-3-5-17(13-16)31-2/h3-9,12-13H,10-11,14H2,1-2H3,(H,27,29). The number of aromatic nitrogens is 2. The van der Waals surface area contributed by atoms with E-state index in [2.05, 4.69) is 10.3 Å². The lowest BCUT2D eigenvalue weighted by Gasteiger charge is -2.15. The first-order chi connectivity index (χ1) is 15.8. The van der Waals surface area contributed by atoms with E-state index in [4.69, 9.17) is 14.2 Å². The van der Waals surface area contributed by atoms with Gasteiger partial charge in [-0.3, -0.25) is 9.36 Å². The van der Waals surface area contributed by atoms with E-state index in [1.807, 2.05) is 24.3 Å². The van der Waals surface area contributed by atoms with E-state index in [9.17, 15) is 18.0 Å².